The number of benzene rings is 2. The fraction of sp³-hybridized carbons (Fsp3) is 0. The van der Waals surface area contributed by atoms with Crippen molar-refractivity contribution < 1.29 is 18.4 Å². The number of hydroxylamine groups is 1. The first-order valence-corrected chi connectivity index (χ1v) is 7.11. The molecule has 3 N–H and O–H groups in total. The third-order valence-electron chi connectivity index (χ3n) is 3.25. The Hall–Kier alpha value is -2.29. The summed E-state index contributed by atoms with van der Waals surface area (Å²) in [5, 5.41) is 18.0. The molecule has 0 radical (unpaired) electrons. The summed E-state index contributed by atoms with van der Waals surface area (Å²) in [6, 6.07) is 3.93. The lowest BCUT2D eigenvalue weighted by Crippen LogP contribution is -2.27. The molecule has 0 unspecified atom stereocenters. The summed E-state index contributed by atoms with van der Waals surface area (Å²) in [7, 11) is 0. The van der Waals surface area contributed by atoms with Gasteiger partial charge in [-0.15, -0.1) is 0 Å². The zero-order valence-electron chi connectivity index (χ0n) is 11.5. The maximum absolute atomic E-state index is 13.8. The summed E-state index contributed by atoms with van der Waals surface area (Å²) in [5.41, 5.74) is -0.734. The van der Waals surface area contributed by atoms with Crippen LogP contribution in [-0.2, 0) is 0 Å². The Morgan fingerprint density at radius 1 is 1.17 bits per heavy atom. The average Bonchev–Trinajstić information content (AvgIpc) is 2.94. The van der Waals surface area contributed by atoms with E-state index < -0.39 is 28.8 Å². The lowest BCUT2D eigenvalue weighted by Gasteiger charge is -2.18. The topological polar surface area (TPSA) is 76.0 Å². The minimum atomic E-state index is -1.27. The largest absolute Gasteiger partial charge is 0.328 e. The summed E-state index contributed by atoms with van der Waals surface area (Å²) < 4.78 is 40.7. The first-order valence-electron chi connectivity index (χ1n) is 6.35. The van der Waals surface area contributed by atoms with E-state index in [0.717, 1.165) is 18.2 Å². The molecular weight excluding hydrogens is 368 g/mol. The van der Waals surface area contributed by atoms with Crippen molar-refractivity contribution in [2.75, 3.05) is 5.06 Å². The van der Waals surface area contributed by atoms with Crippen molar-refractivity contribution in [3.63, 3.8) is 0 Å². The number of amidine groups is 1. The number of fused-ring (bicyclic) bond motifs is 1. The van der Waals surface area contributed by atoms with Crippen molar-refractivity contribution in [3.8, 4) is 0 Å². The Bertz CT molecular complexity index is 976. The Labute approximate surface area is 142 Å². The summed E-state index contributed by atoms with van der Waals surface area (Å²) in [6.45, 7) is 0. The number of nitrogens with zero attached hydrogens (tertiary/aromatic N) is 2. The van der Waals surface area contributed by atoms with E-state index in [-0.39, 0.29) is 27.1 Å². The van der Waals surface area contributed by atoms with Gasteiger partial charge >= 0.3 is 0 Å². The molecule has 10 heteroatoms. The highest BCUT2D eigenvalue weighted by molar-refractivity contribution is 6.31. The van der Waals surface area contributed by atoms with Gasteiger partial charge in [-0.1, -0.05) is 11.6 Å². The van der Waals surface area contributed by atoms with Crippen molar-refractivity contribution in [1.29, 1.82) is 5.41 Å². The molecule has 0 aliphatic carbocycles. The Kier molecular flexibility index (Phi) is 4.12. The standard InChI is InChI=1S/C14H7Cl2F3N4O/c15-7-3-5(1-2-8(7)17)23(24)13(20)6-4-9(18)10(19)12-11(6)21-14(16)22-12/h1-4,20,24H,(H,21,22). The first kappa shape index (κ1) is 16.6. The highest BCUT2D eigenvalue weighted by atomic mass is 35.5. The molecule has 0 spiro atoms. The molecule has 0 aliphatic rings. The van der Waals surface area contributed by atoms with Crippen LogP contribution in [0.1, 0.15) is 5.56 Å². The number of anilines is 1. The SMILES string of the molecule is N=C(c1cc(F)c(F)c2nc(Cl)[nH]c12)N(O)c1ccc(F)c(Cl)c1. The van der Waals surface area contributed by atoms with Gasteiger partial charge in [-0.25, -0.2) is 23.2 Å². The van der Waals surface area contributed by atoms with Crippen LogP contribution >= 0.6 is 23.2 Å². The Balaban J connectivity index is 2.11. The monoisotopic (exact) mass is 374 g/mol. The summed E-state index contributed by atoms with van der Waals surface area (Å²) in [6.07, 6.45) is 0. The molecule has 0 saturated carbocycles. The molecule has 0 fully saturated rings. The predicted molar refractivity (Wildman–Crippen MR) is 83.5 cm³/mol. The molecule has 124 valence electrons. The molecule has 1 aromatic heterocycles. The van der Waals surface area contributed by atoms with Crippen LogP contribution in [0.3, 0.4) is 0 Å². The van der Waals surface area contributed by atoms with Gasteiger partial charge in [0.1, 0.15) is 11.3 Å². The number of halogens is 5. The lowest BCUT2D eigenvalue weighted by molar-refractivity contribution is 0.312. The van der Waals surface area contributed by atoms with Gasteiger partial charge in [0, 0.05) is 5.56 Å². The minimum Gasteiger partial charge on any atom is -0.328 e. The molecule has 0 amide bonds. The molecule has 0 saturated heterocycles. The van der Waals surface area contributed by atoms with Crippen LogP contribution in [0.25, 0.3) is 11.0 Å². The smallest absolute Gasteiger partial charge is 0.201 e. The average molecular weight is 375 g/mol. The van der Waals surface area contributed by atoms with Gasteiger partial charge in [0.05, 0.1) is 16.2 Å². The number of rotatable bonds is 2. The van der Waals surface area contributed by atoms with Crippen LogP contribution in [-0.4, -0.2) is 21.0 Å². The molecule has 3 aromatic rings. The van der Waals surface area contributed by atoms with Crippen molar-refractivity contribution >= 4 is 45.8 Å². The third kappa shape index (κ3) is 2.68. The van der Waals surface area contributed by atoms with E-state index in [4.69, 9.17) is 28.6 Å². The van der Waals surface area contributed by atoms with Gasteiger partial charge < -0.3 is 4.98 Å². The van der Waals surface area contributed by atoms with Crippen molar-refractivity contribution in [2.24, 2.45) is 0 Å². The highest BCUT2D eigenvalue weighted by Crippen LogP contribution is 2.27. The Morgan fingerprint density at radius 3 is 2.54 bits per heavy atom. The summed E-state index contributed by atoms with van der Waals surface area (Å²) >= 11 is 11.3. The molecule has 2 aromatic carbocycles. The molecular formula is C14H7Cl2F3N4O. The van der Waals surface area contributed by atoms with Crippen LogP contribution in [0.2, 0.25) is 10.3 Å². The number of H-pyrrole nitrogens is 1. The van der Waals surface area contributed by atoms with Gasteiger partial charge in [0.15, 0.2) is 17.5 Å². The molecule has 1 heterocycles. The van der Waals surface area contributed by atoms with Gasteiger partial charge in [0.2, 0.25) is 5.28 Å². The zero-order chi connectivity index (χ0) is 17.6. The summed E-state index contributed by atoms with van der Waals surface area (Å²) in [4.78, 5) is 6.09. The third-order valence-corrected chi connectivity index (χ3v) is 3.72. The second-order valence-corrected chi connectivity index (χ2v) is 5.50. The number of aromatic nitrogens is 2. The minimum absolute atomic E-state index is 0.0464. The Morgan fingerprint density at radius 2 is 1.88 bits per heavy atom. The van der Waals surface area contributed by atoms with Crippen molar-refractivity contribution in [2.45, 2.75) is 0 Å². The lowest BCUT2D eigenvalue weighted by atomic mass is 10.1. The second kappa shape index (κ2) is 5.97. The second-order valence-electron chi connectivity index (χ2n) is 4.73. The highest BCUT2D eigenvalue weighted by Gasteiger charge is 2.22. The van der Waals surface area contributed by atoms with Crippen molar-refractivity contribution in [3.05, 3.63) is 57.6 Å². The quantitative estimate of drug-likeness (QED) is 0.351. The fourth-order valence-corrected chi connectivity index (χ4v) is 2.47. The number of hydrogen-bond donors (Lipinski definition) is 3. The van der Waals surface area contributed by atoms with Gasteiger partial charge in [-0.2, -0.15) is 0 Å². The molecule has 5 nitrogen and oxygen atoms in total. The van der Waals surface area contributed by atoms with Gasteiger partial charge in [0.25, 0.3) is 0 Å². The van der Waals surface area contributed by atoms with Crippen LogP contribution in [0.5, 0.6) is 0 Å². The number of aromatic amines is 1. The predicted octanol–water partition coefficient (Wildman–Crippen LogP) is 4.51. The maximum Gasteiger partial charge on any atom is 0.201 e. The van der Waals surface area contributed by atoms with E-state index in [1.807, 2.05) is 0 Å². The number of nitrogens with one attached hydrogen (secondary N) is 2. The molecule has 24 heavy (non-hydrogen) atoms. The van der Waals surface area contributed by atoms with E-state index in [2.05, 4.69) is 9.97 Å². The van der Waals surface area contributed by atoms with Crippen LogP contribution < -0.4 is 5.06 Å². The normalized spacial score (nSPS) is 11.1. The van der Waals surface area contributed by atoms with E-state index in [9.17, 15) is 18.4 Å². The molecule has 0 bridgehead atoms. The van der Waals surface area contributed by atoms with Crippen molar-refractivity contribution in [1.82, 2.24) is 9.97 Å². The number of hydrogen-bond acceptors (Lipinski definition) is 3. The molecule has 0 aliphatic heterocycles. The van der Waals surface area contributed by atoms with Crippen LogP contribution in [0.15, 0.2) is 24.3 Å². The first-order chi connectivity index (χ1) is 11.3. The zero-order valence-corrected chi connectivity index (χ0v) is 13.1. The van der Waals surface area contributed by atoms with E-state index >= 15 is 0 Å². The fourth-order valence-electron chi connectivity index (χ4n) is 2.12. The van der Waals surface area contributed by atoms with Gasteiger partial charge in [-0.3, -0.25) is 10.6 Å². The number of imidazole rings is 1. The van der Waals surface area contributed by atoms with Crippen LogP contribution in [0, 0.1) is 22.9 Å². The molecule has 0 atom stereocenters. The van der Waals surface area contributed by atoms with E-state index in [0.29, 0.717) is 11.1 Å². The van der Waals surface area contributed by atoms with Crippen LogP contribution in [0.4, 0.5) is 18.9 Å². The molecule has 3 rings (SSSR count). The van der Waals surface area contributed by atoms with Gasteiger partial charge in [-0.05, 0) is 35.9 Å². The summed E-state index contributed by atoms with van der Waals surface area (Å²) in [5.74, 6) is -3.84. The maximum atomic E-state index is 13.8. The van der Waals surface area contributed by atoms with E-state index in [1.165, 1.54) is 0 Å². The van der Waals surface area contributed by atoms with E-state index in [1.54, 1.807) is 0 Å².